The second-order valence-corrected chi connectivity index (χ2v) is 4.22. The number of rotatable bonds is 2. The molecule has 0 aliphatic carbocycles. The quantitative estimate of drug-likeness (QED) is 0.601. The molecule has 2 heterocycles. The molecular weight excluding hydrogens is 162 g/mol. The van der Waals surface area contributed by atoms with Crippen LogP contribution in [0.3, 0.4) is 0 Å². The molecule has 0 bridgehead atoms. The van der Waals surface area contributed by atoms with Gasteiger partial charge in [-0.2, -0.15) is 0 Å². The molecule has 0 aromatic rings. The van der Waals surface area contributed by atoms with Crippen LogP contribution in [0.1, 0.15) is 19.8 Å². The van der Waals surface area contributed by atoms with Gasteiger partial charge in [0.05, 0.1) is 6.10 Å². The van der Waals surface area contributed by atoms with Crippen molar-refractivity contribution in [3.8, 4) is 0 Å². The van der Waals surface area contributed by atoms with Crippen LogP contribution < -0.4 is 0 Å². The Balaban J connectivity index is 1.93. The summed E-state index contributed by atoms with van der Waals surface area (Å²) in [6, 6.07) is 0.529. The standard InChI is InChI=1S/C11H19NO/c1-3-9(2)12-6-4-11-10(8-12)5-7-13-11/h3,9-11H,1,4-8H2,2H3/t9?,10-,11+/m0/s1. The first-order valence-electron chi connectivity index (χ1n) is 5.29. The third-order valence-corrected chi connectivity index (χ3v) is 3.43. The van der Waals surface area contributed by atoms with Gasteiger partial charge in [-0.15, -0.1) is 6.58 Å². The van der Waals surface area contributed by atoms with Crippen LogP contribution in [-0.4, -0.2) is 36.7 Å². The molecule has 2 rings (SSSR count). The Hall–Kier alpha value is -0.340. The van der Waals surface area contributed by atoms with Crippen LogP contribution in [0.15, 0.2) is 12.7 Å². The van der Waals surface area contributed by atoms with Crippen molar-refractivity contribution in [2.24, 2.45) is 5.92 Å². The van der Waals surface area contributed by atoms with Crippen molar-refractivity contribution in [2.45, 2.75) is 31.9 Å². The summed E-state index contributed by atoms with van der Waals surface area (Å²) in [4.78, 5) is 2.52. The highest BCUT2D eigenvalue weighted by Gasteiger charge is 2.34. The average molecular weight is 181 g/mol. The maximum atomic E-state index is 5.67. The molecular formula is C11H19NO. The van der Waals surface area contributed by atoms with E-state index < -0.39 is 0 Å². The van der Waals surface area contributed by atoms with Crippen LogP contribution in [0.25, 0.3) is 0 Å². The van der Waals surface area contributed by atoms with E-state index >= 15 is 0 Å². The van der Waals surface area contributed by atoms with Crippen molar-refractivity contribution >= 4 is 0 Å². The van der Waals surface area contributed by atoms with Crippen LogP contribution >= 0.6 is 0 Å². The maximum Gasteiger partial charge on any atom is 0.0628 e. The lowest BCUT2D eigenvalue weighted by Gasteiger charge is -2.36. The largest absolute Gasteiger partial charge is 0.378 e. The smallest absolute Gasteiger partial charge is 0.0628 e. The number of fused-ring (bicyclic) bond motifs is 1. The highest BCUT2D eigenvalue weighted by molar-refractivity contribution is 4.91. The summed E-state index contributed by atoms with van der Waals surface area (Å²) in [6.07, 6.45) is 5.07. The number of nitrogens with zero attached hydrogens (tertiary/aromatic N) is 1. The van der Waals surface area contributed by atoms with E-state index in [1.54, 1.807) is 0 Å². The minimum atomic E-state index is 0.529. The predicted octanol–water partition coefficient (Wildman–Crippen LogP) is 1.67. The van der Waals surface area contributed by atoms with Gasteiger partial charge < -0.3 is 4.74 Å². The molecule has 0 amide bonds. The van der Waals surface area contributed by atoms with E-state index in [0.717, 1.165) is 12.5 Å². The molecule has 0 saturated carbocycles. The summed E-state index contributed by atoms with van der Waals surface area (Å²) < 4.78 is 5.67. The fourth-order valence-electron chi connectivity index (χ4n) is 2.43. The van der Waals surface area contributed by atoms with Crippen molar-refractivity contribution in [3.05, 3.63) is 12.7 Å². The van der Waals surface area contributed by atoms with Crippen LogP contribution in [0.5, 0.6) is 0 Å². The summed E-state index contributed by atoms with van der Waals surface area (Å²) in [7, 11) is 0. The van der Waals surface area contributed by atoms with Crippen molar-refractivity contribution in [1.29, 1.82) is 0 Å². The molecule has 3 atom stereocenters. The summed E-state index contributed by atoms with van der Waals surface area (Å²) >= 11 is 0. The topological polar surface area (TPSA) is 12.5 Å². The van der Waals surface area contributed by atoms with E-state index in [9.17, 15) is 0 Å². The zero-order valence-electron chi connectivity index (χ0n) is 8.41. The van der Waals surface area contributed by atoms with Crippen LogP contribution in [0, 0.1) is 5.92 Å². The molecule has 0 N–H and O–H groups in total. The van der Waals surface area contributed by atoms with Gasteiger partial charge >= 0.3 is 0 Å². The predicted molar refractivity (Wildman–Crippen MR) is 53.7 cm³/mol. The zero-order valence-corrected chi connectivity index (χ0v) is 8.41. The monoisotopic (exact) mass is 181 g/mol. The Morgan fingerprint density at radius 2 is 2.38 bits per heavy atom. The SMILES string of the molecule is C=CC(C)N1CC[C@H]2OCC[C@H]2C1. The third-order valence-electron chi connectivity index (χ3n) is 3.43. The lowest BCUT2D eigenvalue weighted by atomic mass is 9.93. The molecule has 0 aromatic heterocycles. The highest BCUT2D eigenvalue weighted by Crippen LogP contribution is 2.29. The molecule has 13 heavy (non-hydrogen) atoms. The Labute approximate surface area is 80.6 Å². The van der Waals surface area contributed by atoms with Crippen molar-refractivity contribution < 1.29 is 4.74 Å². The number of hydrogen-bond donors (Lipinski definition) is 0. The molecule has 2 aliphatic rings. The van der Waals surface area contributed by atoms with E-state index in [2.05, 4.69) is 18.4 Å². The second-order valence-electron chi connectivity index (χ2n) is 4.22. The first-order chi connectivity index (χ1) is 6.31. The van der Waals surface area contributed by atoms with E-state index in [1.807, 2.05) is 6.08 Å². The second kappa shape index (κ2) is 3.81. The fourth-order valence-corrected chi connectivity index (χ4v) is 2.43. The van der Waals surface area contributed by atoms with Crippen molar-refractivity contribution in [2.75, 3.05) is 19.7 Å². The van der Waals surface area contributed by atoms with Gasteiger partial charge in [0.2, 0.25) is 0 Å². The van der Waals surface area contributed by atoms with Gasteiger partial charge in [0.1, 0.15) is 0 Å². The Kier molecular flexibility index (Phi) is 2.70. The van der Waals surface area contributed by atoms with E-state index in [0.29, 0.717) is 12.1 Å². The molecule has 0 radical (unpaired) electrons. The third kappa shape index (κ3) is 1.79. The first kappa shape index (κ1) is 9.22. The lowest BCUT2D eigenvalue weighted by Crippen LogP contribution is -2.44. The number of likely N-dealkylation sites (tertiary alicyclic amines) is 1. The Morgan fingerprint density at radius 3 is 3.15 bits per heavy atom. The van der Waals surface area contributed by atoms with Gasteiger partial charge in [-0.3, -0.25) is 4.90 Å². The Bertz CT molecular complexity index is 193. The molecule has 1 unspecified atom stereocenters. The molecule has 2 nitrogen and oxygen atoms in total. The molecule has 74 valence electrons. The first-order valence-corrected chi connectivity index (χ1v) is 5.29. The molecule has 2 fully saturated rings. The highest BCUT2D eigenvalue weighted by atomic mass is 16.5. The zero-order chi connectivity index (χ0) is 9.26. The summed E-state index contributed by atoms with van der Waals surface area (Å²) in [5, 5.41) is 0. The molecule has 2 saturated heterocycles. The van der Waals surface area contributed by atoms with Crippen molar-refractivity contribution in [3.63, 3.8) is 0 Å². The van der Waals surface area contributed by atoms with Gasteiger partial charge in [-0.1, -0.05) is 6.08 Å². The minimum absolute atomic E-state index is 0.529. The van der Waals surface area contributed by atoms with Gasteiger partial charge in [-0.05, 0) is 19.8 Å². The average Bonchev–Trinajstić information content (AvgIpc) is 2.63. The van der Waals surface area contributed by atoms with E-state index in [1.165, 1.54) is 25.9 Å². The molecule has 2 aliphatic heterocycles. The van der Waals surface area contributed by atoms with Crippen LogP contribution in [0.2, 0.25) is 0 Å². The van der Waals surface area contributed by atoms with Gasteiger partial charge in [0.25, 0.3) is 0 Å². The van der Waals surface area contributed by atoms with Gasteiger partial charge in [-0.25, -0.2) is 0 Å². The normalized spacial score (nSPS) is 37.0. The van der Waals surface area contributed by atoms with Gasteiger partial charge in [0.15, 0.2) is 0 Å². The van der Waals surface area contributed by atoms with E-state index in [-0.39, 0.29) is 0 Å². The van der Waals surface area contributed by atoms with E-state index in [4.69, 9.17) is 4.74 Å². The van der Waals surface area contributed by atoms with Crippen molar-refractivity contribution in [1.82, 2.24) is 4.90 Å². The molecule has 0 spiro atoms. The molecule has 2 heteroatoms. The Morgan fingerprint density at radius 1 is 1.54 bits per heavy atom. The maximum absolute atomic E-state index is 5.67. The fraction of sp³-hybridized carbons (Fsp3) is 0.818. The van der Waals surface area contributed by atoms with Crippen LogP contribution in [0.4, 0.5) is 0 Å². The van der Waals surface area contributed by atoms with Gasteiger partial charge in [0, 0.05) is 31.7 Å². The molecule has 0 aromatic carbocycles. The number of hydrogen-bond acceptors (Lipinski definition) is 2. The number of ether oxygens (including phenoxy) is 1. The lowest BCUT2D eigenvalue weighted by molar-refractivity contribution is 0.0292. The summed E-state index contributed by atoms with van der Waals surface area (Å²) in [5.74, 6) is 0.788. The summed E-state index contributed by atoms with van der Waals surface area (Å²) in [5.41, 5.74) is 0. The summed E-state index contributed by atoms with van der Waals surface area (Å²) in [6.45, 7) is 9.43. The number of piperidine rings is 1. The van der Waals surface area contributed by atoms with Crippen LogP contribution in [-0.2, 0) is 4.74 Å². The minimum Gasteiger partial charge on any atom is -0.378 e.